The largest absolute Gasteiger partial charge is 0.444 e. The minimum atomic E-state index is -0.633. The van der Waals surface area contributed by atoms with Gasteiger partial charge in [-0.25, -0.2) is 9.59 Å². The molecule has 0 aromatic heterocycles. The van der Waals surface area contributed by atoms with E-state index in [9.17, 15) is 9.59 Å². The van der Waals surface area contributed by atoms with Crippen LogP contribution in [0.15, 0.2) is 54.6 Å². The van der Waals surface area contributed by atoms with Crippen molar-refractivity contribution < 1.29 is 19.1 Å². The number of hydrogen-bond donors (Lipinski definition) is 1. The molecule has 0 heterocycles. The second-order valence-corrected chi connectivity index (χ2v) is 6.17. The number of amides is 1. The lowest BCUT2D eigenvalue weighted by Crippen LogP contribution is -2.34. The highest BCUT2D eigenvalue weighted by atomic mass is 16.6. The number of ether oxygens (including phenoxy) is 2. The third kappa shape index (κ3) is 5.12. The van der Waals surface area contributed by atoms with Gasteiger partial charge in [-0.15, -0.1) is 0 Å². The second-order valence-electron chi connectivity index (χ2n) is 6.17. The first-order chi connectivity index (χ1) is 11.4. The van der Waals surface area contributed by atoms with Crippen molar-refractivity contribution in [2.75, 3.05) is 6.73 Å². The van der Waals surface area contributed by atoms with Crippen LogP contribution in [0.2, 0.25) is 0 Å². The Labute approximate surface area is 141 Å². The maximum Gasteiger partial charge on any atom is 0.410 e. The number of rotatable bonds is 4. The van der Waals surface area contributed by atoms with Gasteiger partial charge in [-0.05, 0) is 38.0 Å². The predicted octanol–water partition coefficient (Wildman–Crippen LogP) is 3.99. The minimum absolute atomic E-state index is 0.253. The normalized spacial score (nSPS) is 10.8. The molecule has 1 N–H and O–H groups in total. The van der Waals surface area contributed by atoms with Gasteiger partial charge >= 0.3 is 12.1 Å². The van der Waals surface area contributed by atoms with E-state index in [1.54, 1.807) is 32.9 Å². The summed E-state index contributed by atoms with van der Waals surface area (Å²) in [5.41, 5.74) is 1.54. The van der Waals surface area contributed by atoms with Crippen LogP contribution < -0.4 is 5.32 Å². The van der Waals surface area contributed by atoms with E-state index < -0.39 is 17.7 Å². The monoisotopic (exact) mass is 327 g/mol. The summed E-state index contributed by atoms with van der Waals surface area (Å²) >= 11 is 0. The van der Waals surface area contributed by atoms with Crippen LogP contribution in [0.4, 0.5) is 4.79 Å². The number of carbonyl (C=O) groups excluding carboxylic acids is 2. The summed E-state index contributed by atoms with van der Waals surface area (Å²) in [6.07, 6.45) is -0.633. The Morgan fingerprint density at radius 2 is 1.58 bits per heavy atom. The summed E-state index contributed by atoms with van der Waals surface area (Å²) in [4.78, 5) is 23.8. The van der Waals surface area contributed by atoms with Crippen LogP contribution in [0, 0.1) is 0 Å². The summed E-state index contributed by atoms with van der Waals surface area (Å²) in [5, 5.41) is 2.39. The fraction of sp³-hybridized carbons (Fsp3) is 0.263. The number of benzene rings is 2. The first-order valence-electron chi connectivity index (χ1n) is 7.65. The van der Waals surface area contributed by atoms with E-state index in [1.165, 1.54) is 0 Å². The van der Waals surface area contributed by atoms with Crippen LogP contribution in [-0.2, 0) is 9.47 Å². The second kappa shape index (κ2) is 7.64. The minimum Gasteiger partial charge on any atom is -0.444 e. The van der Waals surface area contributed by atoms with Crippen molar-refractivity contribution in [3.8, 4) is 11.1 Å². The highest BCUT2D eigenvalue weighted by Gasteiger charge is 2.17. The van der Waals surface area contributed by atoms with Crippen molar-refractivity contribution in [3.63, 3.8) is 0 Å². The van der Waals surface area contributed by atoms with E-state index in [1.807, 2.05) is 42.5 Å². The number of esters is 1. The van der Waals surface area contributed by atoms with Crippen molar-refractivity contribution in [3.05, 3.63) is 60.2 Å². The fourth-order valence-electron chi connectivity index (χ4n) is 2.08. The van der Waals surface area contributed by atoms with E-state index in [0.717, 1.165) is 11.1 Å². The molecule has 0 aliphatic carbocycles. The zero-order valence-corrected chi connectivity index (χ0v) is 14.0. The fourth-order valence-corrected chi connectivity index (χ4v) is 2.08. The number of alkyl carbamates (subject to hydrolysis) is 1. The molecule has 5 nitrogen and oxygen atoms in total. The zero-order chi connectivity index (χ0) is 17.6. The molecule has 0 spiro atoms. The Morgan fingerprint density at radius 1 is 0.958 bits per heavy atom. The molecule has 0 fully saturated rings. The Hall–Kier alpha value is -2.82. The summed E-state index contributed by atoms with van der Waals surface area (Å²) in [6, 6.07) is 16.7. The van der Waals surface area contributed by atoms with E-state index >= 15 is 0 Å². The lowest BCUT2D eigenvalue weighted by atomic mass is 10.00. The Kier molecular flexibility index (Phi) is 5.58. The van der Waals surface area contributed by atoms with Crippen LogP contribution in [0.1, 0.15) is 31.1 Å². The highest BCUT2D eigenvalue weighted by molar-refractivity contribution is 5.97. The van der Waals surface area contributed by atoms with Crippen LogP contribution in [0.5, 0.6) is 0 Å². The molecule has 2 aromatic rings. The molecular formula is C19H21NO4. The van der Waals surface area contributed by atoms with Crippen LogP contribution in [0.3, 0.4) is 0 Å². The first kappa shape index (κ1) is 17.5. The third-order valence-corrected chi connectivity index (χ3v) is 3.05. The molecular weight excluding hydrogens is 306 g/mol. The molecule has 5 heteroatoms. The van der Waals surface area contributed by atoms with E-state index in [-0.39, 0.29) is 6.73 Å². The molecule has 1 amide bonds. The standard InChI is InChI=1S/C19H21NO4/c1-19(2,3)24-18(22)20-13-23-17(21)16-12-8-7-11-15(16)14-9-5-4-6-10-14/h4-12H,13H2,1-3H3,(H,20,22). The number of carbonyl (C=O) groups is 2. The molecule has 2 aromatic carbocycles. The summed E-state index contributed by atoms with van der Waals surface area (Å²) < 4.78 is 10.2. The van der Waals surface area contributed by atoms with Crippen LogP contribution in [-0.4, -0.2) is 24.4 Å². The third-order valence-electron chi connectivity index (χ3n) is 3.05. The van der Waals surface area contributed by atoms with Crippen molar-refractivity contribution in [2.24, 2.45) is 0 Å². The average Bonchev–Trinajstić information content (AvgIpc) is 2.54. The van der Waals surface area contributed by atoms with Crippen molar-refractivity contribution in [1.82, 2.24) is 5.32 Å². The maximum absolute atomic E-state index is 12.3. The van der Waals surface area contributed by atoms with Gasteiger partial charge in [0.1, 0.15) is 5.60 Å². The summed E-state index contributed by atoms with van der Waals surface area (Å²) in [5.74, 6) is -0.509. The molecule has 24 heavy (non-hydrogen) atoms. The van der Waals surface area contributed by atoms with Gasteiger partial charge in [-0.2, -0.15) is 0 Å². The van der Waals surface area contributed by atoms with Gasteiger partial charge < -0.3 is 9.47 Å². The van der Waals surface area contributed by atoms with E-state index in [4.69, 9.17) is 9.47 Å². The number of nitrogens with one attached hydrogen (secondary N) is 1. The van der Waals surface area contributed by atoms with Gasteiger partial charge in [0, 0.05) is 0 Å². The summed E-state index contributed by atoms with van der Waals surface area (Å²) in [6.45, 7) is 5.02. The van der Waals surface area contributed by atoms with Crippen LogP contribution >= 0.6 is 0 Å². The Bertz CT molecular complexity index is 705. The topological polar surface area (TPSA) is 64.6 Å². The molecule has 2 rings (SSSR count). The maximum atomic E-state index is 12.3. The van der Waals surface area contributed by atoms with Gasteiger partial charge in [0.2, 0.25) is 0 Å². The SMILES string of the molecule is CC(C)(C)OC(=O)NCOC(=O)c1ccccc1-c1ccccc1. The van der Waals surface area contributed by atoms with Crippen molar-refractivity contribution >= 4 is 12.1 Å². The van der Waals surface area contributed by atoms with E-state index in [0.29, 0.717) is 5.56 Å². The number of hydrogen-bond acceptors (Lipinski definition) is 4. The van der Waals surface area contributed by atoms with Gasteiger partial charge in [-0.3, -0.25) is 5.32 Å². The smallest absolute Gasteiger partial charge is 0.410 e. The molecule has 0 atom stereocenters. The van der Waals surface area contributed by atoms with Gasteiger partial charge in [0.05, 0.1) is 5.56 Å². The average molecular weight is 327 g/mol. The van der Waals surface area contributed by atoms with Crippen molar-refractivity contribution in [2.45, 2.75) is 26.4 Å². The Morgan fingerprint density at radius 3 is 2.25 bits per heavy atom. The molecule has 126 valence electrons. The highest BCUT2D eigenvalue weighted by Crippen LogP contribution is 2.23. The zero-order valence-electron chi connectivity index (χ0n) is 14.0. The van der Waals surface area contributed by atoms with E-state index in [2.05, 4.69) is 5.32 Å². The molecule has 0 aliphatic rings. The molecule has 0 bridgehead atoms. The lowest BCUT2D eigenvalue weighted by molar-refractivity contribution is 0.0341. The molecule has 0 radical (unpaired) electrons. The van der Waals surface area contributed by atoms with Gasteiger partial charge in [-0.1, -0.05) is 48.5 Å². The molecule has 0 unspecified atom stereocenters. The molecule has 0 aliphatic heterocycles. The quantitative estimate of drug-likeness (QED) is 0.681. The lowest BCUT2D eigenvalue weighted by Gasteiger charge is -2.19. The van der Waals surface area contributed by atoms with Gasteiger partial charge in [0.25, 0.3) is 0 Å². The summed E-state index contributed by atoms with van der Waals surface area (Å²) in [7, 11) is 0. The first-order valence-corrected chi connectivity index (χ1v) is 7.65. The van der Waals surface area contributed by atoms with Gasteiger partial charge in [0.15, 0.2) is 6.73 Å². The Balaban J connectivity index is 2.00. The molecule has 0 saturated heterocycles. The molecule has 0 saturated carbocycles. The van der Waals surface area contributed by atoms with Crippen LogP contribution in [0.25, 0.3) is 11.1 Å². The predicted molar refractivity (Wildman–Crippen MR) is 91.5 cm³/mol. The van der Waals surface area contributed by atoms with Crippen molar-refractivity contribution in [1.29, 1.82) is 0 Å².